The van der Waals surface area contributed by atoms with Crippen molar-refractivity contribution in [3.8, 4) is 0 Å². The number of hydrogen-bond donors (Lipinski definition) is 1. The molecule has 1 aliphatic rings. The minimum atomic E-state index is -4.32. The van der Waals surface area contributed by atoms with Gasteiger partial charge in [-0.05, 0) is 31.0 Å². The summed E-state index contributed by atoms with van der Waals surface area (Å²) in [5, 5.41) is 3.09. The first-order chi connectivity index (χ1) is 8.38. The lowest BCUT2D eigenvalue weighted by atomic mass is 9.89. The first kappa shape index (κ1) is 13.7. The molecule has 0 atom stereocenters. The van der Waals surface area contributed by atoms with Crippen molar-refractivity contribution >= 4 is 21.6 Å². The number of alkyl halides is 3. The summed E-state index contributed by atoms with van der Waals surface area (Å²) < 4.78 is 43.4. The Hall–Kier alpha value is -0.750. The minimum Gasteiger partial charge on any atom is -0.382 e. The molecule has 0 aliphatic heterocycles. The van der Waals surface area contributed by atoms with Crippen molar-refractivity contribution in [3.05, 3.63) is 28.2 Å². The van der Waals surface area contributed by atoms with Gasteiger partial charge in [-0.2, -0.15) is 13.2 Å². The standard InChI is InChI=1S/C12H13BrF3NO/c1-18-11-5-10(6-11)17-9-3-7(12(14,15)16)2-8(13)4-9/h2-4,10-11,17H,5-6H2,1H3. The third kappa shape index (κ3) is 3.17. The molecule has 0 heterocycles. The average molecular weight is 324 g/mol. The molecular weight excluding hydrogens is 311 g/mol. The summed E-state index contributed by atoms with van der Waals surface area (Å²) in [6.07, 6.45) is -2.46. The van der Waals surface area contributed by atoms with Crippen LogP contribution in [0.1, 0.15) is 18.4 Å². The molecule has 1 fully saturated rings. The van der Waals surface area contributed by atoms with E-state index < -0.39 is 11.7 Å². The Morgan fingerprint density at radius 1 is 1.28 bits per heavy atom. The zero-order chi connectivity index (χ0) is 13.3. The van der Waals surface area contributed by atoms with Crippen LogP contribution in [0.3, 0.4) is 0 Å². The molecular formula is C12H13BrF3NO. The number of methoxy groups -OCH3 is 1. The van der Waals surface area contributed by atoms with Crippen molar-refractivity contribution in [3.63, 3.8) is 0 Å². The van der Waals surface area contributed by atoms with E-state index >= 15 is 0 Å². The van der Waals surface area contributed by atoms with Gasteiger partial charge in [0, 0.05) is 23.3 Å². The normalized spacial score (nSPS) is 23.6. The van der Waals surface area contributed by atoms with Crippen LogP contribution in [0.4, 0.5) is 18.9 Å². The monoisotopic (exact) mass is 323 g/mol. The summed E-state index contributed by atoms with van der Waals surface area (Å²) in [5.74, 6) is 0. The van der Waals surface area contributed by atoms with Crippen LogP contribution < -0.4 is 5.32 Å². The Kier molecular flexibility index (Phi) is 3.87. The van der Waals surface area contributed by atoms with E-state index in [2.05, 4.69) is 21.2 Å². The summed E-state index contributed by atoms with van der Waals surface area (Å²) >= 11 is 3.10. The lowest BCUT2D eigenvalue weighted by molar-refractivity contribution is -0.137. The predicted molar refractivity (Wildman–Crippen MR) is 66.6 cm³/mol. The summed E-state index contributed by atoms with van der Waals surface area (Å²) in [6.45, 7) is 0. The van der Waals surface area contributed by atoms with Crippen LogP contribution in [-0.4, -0.2) is 19.3 Å². The summed E-state index contributed by atoms with van der Waals surface area (Å²) in [7, 11) is 1.64. The molecule has 0 spiro atoms. The fourth-order valence-electron chi connectivity index (χ4n) is 1.95. The maximum absolute atomic E-state index is 12.6. The fourth-order valence-corrected chi connectivity index (χ4v) is 2.44. The van der Waals surface area contributed by atoms with Gasteiger partial charge in [-0.25, -0.2) is 0 Å². The molecule has 0 amide bonds. The Labute approximate surface area is 112 Å². The maximum Gasteiger partial charge on any atom is 0.416 e. The van der Waals surface area contributed by atoms with E-state index in [-0.39, 0.29) is 12.1 Å². The van der Waals surface area contributed by atoms with Crippen LogP contribution >= 0.6 is 15.9 Å². The van der Waals surface area contributed by atoms with E-state index in [4.69, 9.17) is 4.74 Å². The molecule has 6 heteroatoms. The third-order valence-corrected chi connectivity index (χ3v) is 3.48. The first-order valence-corrected chi connectivity index (χ1v) is 6.35. The van der Waals surface area contributed by atoms with Gasteiger partial charge in [0.2, 0.25) is 0 Å². The van der Waals surface area contributed by atoms with Crippen molar-refractivity contribution in [1.29, 1.82) is 0 Å². The van der Waals surface area contributed by atoms with Gasteiger partial charge in [-0.15, -0.1) is 0 Å². The zero-order valence-corrected chi connectivity index (χ0v) is 11.3. The van der Waals surface area contributed by atoms with E-state index in [1.165, 1.54) is 0 Å². The molecule has 0 saturated heterocycles. The topological polar surface area (TPSA) is 21.3 Å². The summed E-state index contributed by atoms with van der Waals surface area (Å²) in [4.78, 5) is 0. The molecule has 0 aromatic heterocycles. The molecule has 1 aromatic rings. The van der Waals surface area contributed by atoms with Crippen molar-refractivity contribution in [2.45, 2.75) is 31.2 Å². The van der Waals surface area contributed by atoms with Crippen molar-refractivity contribution in [2.24, 2.45) is 0 Å². The van der Waals surface area contributed by atoms with E-state index in [1.807, 2.05) is 0 Å². The molecule has 2 rings (SSSR count). The Morgan fingerprint density at radius 2 is 1.94 bits per heavy atom. The number of rotatable bonds is 3. The number of nitrogens with one attached hydrogen (secondary N) is 1. The second-order valence-corrected chi connectivity index (χ2v) is 5.31. The van der Waals surface area contributed by atoms with Crippen LogP contribution in [0.15, 0.2) is 22.7 Å². The Bertz CT molecular complexity index is 430. The molecule has 0 bridgehead atoms. The van der Waals surface area contributed by atoms with Gasteiger partial charge in [-0.1, -0.05) is 15.9 Å². The number of halogens is 4. The lowest BCUT2D eigenvalue weighted by Gasteiger charge is -2.35. The SMILES string of the molecule is COC1CC(Nc2cc(Br)cc(C(F)(F)F)c2)C1. The summed E-state index contributed by atoms with van der Waals surface area (Å²) in [6, 6.07) is 4.04. The largest absolute Gasteiger partial charge is 0.416 e. The van der Waals surface area contributed by atoms with Gasteiger partial charge < -0.3 is 10.1 Å². The van der Waals surface area contributed by atoms with Crippen LogP contribution in [0, 0.1) is 0 Å². The summed E-state index contributed by atoms with van der Waals surface area (Å²) in [5.41, 5.74) is -0.168. The van der Waals surface area contributed by atoms with E-state index in [1.54, 1.807) is 13.2 Å². The highest BCUT2D eigenvalue weighted by Crippen LogP contribution is 2.34. The predicted octanol–water partition coefficient (Wildman–Crippen LogP) is 4.06. The second kappa shape index (κ2) is 5.09. The fraction of sp³-hybridized carbons (Fsp3) is 0.500. The Morgan fingerprint density at radius 3 is 2.50 bits per heavy atom. The zero-order valence-electron chi connectivity index (χ0n) is 9.72. The highest BCUT2D eigenvalue weighted by molar-refractivity contribution is 9.10. The average Bonchev–Trinajstić information content (AvgIpc) is 2.20. The third-order valence-electron chi connectivity index (χ3n) is 3.02. The molecule has 1 saturated carbocycles. The molecule has 100 valence electrons. The van der Waals surface area contributed by atoms with Gasteiger partial charge in [0.15, 0.2) is 0 Å². The van der Waals surface area contributed by atoms with Gasteiger partial charge in [0.1, 0.15) is 0 Å². The number of ether oxygens (including phenoxy) is 1. The number of anilines is 1. The minimum absolute atomic E-state index is 0.185. The first-order valence-electron chi connectivity index (χ1n) is 5.55. The van der Waals surface area contributed by atoms with Gasteiger partial charge in [0.05, 0.1) is 11.7 Å². The van der Waals surface area contributed by atoms with E-state index in [0.29, 0.717) is 10.2 Å². The molecule has 0 unspecified atom stereocenters. The molecule has 18 heavy (non-hydrogen) atoms. The van der Waals surface area contributed by atoms with Gasteiger partial charge in [0.25, 0.3) is 0 Å². The number of benzene rings is 1. The van der Waals surface area contributed by atoms with Crippen LogP contribution in [-0.2, 0) is 10.9 Å². The van der Waals surface area contributed by atoms with Gasteiger partial charge >= 0.3 is 6.18 Å². The van der Waals surface area contributed by atoms with Gasteiger partial charge in [-0.3, -0.25) is 0 Å². The molecule has 0 radical (unpaired) electrons. The van der Waals surface area contributed by atoms with E-state index in [9.17, 15) is 13.2 Å². The quantitative estimate of drug-likeness (QED) is 0.905. The molecule has 1 aromatic carbocycles. The maximum atomic E-state index is 12.6. The smallest absolute Gasteiger partial charge is 0.382 e. The van der Waals surface area contributed by atoms with Crippen LogP contribution in [0.25, 0.3) is 0 Å². The highest BCUT2D eigenvalue weighted by atomic mass is 79.9. The second-order valence-electron chi connectivity index (χ2n) is 4.40. The lowest BCUT2D eigenvalue weighted by Crippen LogP contribution is -2.40. The van der Waals surface area contributed by atoms with Crippen molar-refractivity contribution in [1.82, 2.24) is 0 Å². The van der Waals surface area contributed by atoms with Crippen molar-refractivity contribution < 1.29 is 17.9 Å². The molecule has 1 N–H and O–H groups in total. The molecule has 2 nitrogen and oxygen atoms in total. The Balaban J connectivity index is 2.07. The van der Waals surface area contributed by atoms with Crippen LogP contribution in [0.2, 0.25) is 0 Å². The highest BCUT2D eigenvalue weighted by Gasteiger charge is 2.32. The van der Waals surface area contributed by atoms with Crippen LogP contribution in [0.5, 0.6) is 0 Å². The number of hydrogen-bond acceptors (Lipinski definition) is 2. The van der Waals surface area contributed by atoms with Crippen molar-refractivity contribution in [2.75, 3.05) is 12.4 Å². The molecule has 1 aliphatic carbocycles. The van der Waals surface area contributed by atoms with E-state index in [0.717, 1.165) is 25.0 Å².